The number of hydrogen-bond donors (Lipinski definition) is 1. The molecule has 7 heteroatoms. The molecule has 0 atom stereocenters. The minimum absolute atomic E-state index is 0.0931. The van der Waals surface area contributed by atoms with Gasteiger partial charge in [0.1, 0.15) is 0 Å². The quantitative estimate of drug-likeness (QED) is 0.921. The van der Waals surface area contributed by atoms with Crippen LogP contribution in [-0.2, 0) is 11.2 Å². The normalized spacial score (nSPS) is 18.0. The zero-order valence-corrected chi connectivity index (χ0v) is 13.7. The van der Waals surface area contributed by atoms with Crippen molar-refractivity contribution < 1.29 is 14.1 Å². The maximum Gasteiger partial charge on any atom is 0.259 e. The number of carbonyl (C=O) groups is 2. The van der Waals surface area contributed by atoms with E-state index in [1.807, 2.05) is 6.07 Å². The van der Waals surface area contributed by atoms with E-state index >= 15 is 0 Å². The summed E-state index contributed by atoms with van der Waals surface area (Å²) in [6.07, 6.45) is 3.83. The lowest BCUT2D eigenvalue weighted by molar-refractivity contribution is -0.123. The Labute approximate surface area is 139 Å². The van der Waals surface area contributed by atoms with Crippen molar-refractivity contribution in [3.63, 3.8) is 0 Å². The molecule has 0 spiro atoms. The Bertz CT molecular complexity index is 810. The maximum atomic E-state index is 13.1. The second-order valence-electron chi connectivity index (χ2n) is 6.51. The van der Waals surface area contributed by atoms with Gasteiger partial charge in [-0.3, -0.25) is 9.59 Å². The average Bonchev–Trinajstić information content (AvgIpc) is 3.36. The number of aromatic nitrogens is 2. The molecule has 2 fully saturated rings. The van der Waals surface area contributed by atoms with Gasteiger partial charge in [-0.05, 0) is 25.3 Å². The van der Waals surface area contributed by atoms with Crippen molar-refractivity contribution in [2.24, 2.45) is 0 Å². The van der Waals surface area contributed by atoms with Gasteiger partial charge in [0.15, 0.2) is 0 Å². The van der Waals surface area contributed by atoms with Crippen molar-refractivity contribution in [1.82, 2.24) is 20.4 Å². The topological polar surface area (TPSA) is 88.3 Å². The molecule has 3 heterocycles. The molecule has 4 rings (SSSR count). The molecule has 1 aliphatic carbocycles. The lowest BCUT2D eigenvalue weighted by atomic mass is 10.0. The molecule has 1 saturated heterocycles. The van der Waals surface area contributed by atoms with Gasteiger partial charge in [-0.2, -0.15) is 0 Å². The number of rotatable bonds is 4. The molecule has 2 aliphatic rings. The van der Waals surface area contributed by atoms with E-state index in [0.717, 1.165) is 37.1 Å². The Hall–Kier alpha value is -2.44. The van der Waals surface area contributed by atoms with Crippen LogP contribution in [0.25, 0.3) is 11.1 Å². The van der Waals surface area contributed by atoms with Crippen LogP contribution in [0.2, 0.25) is 0 Å². The van der Waals surface area contributed by atoms with Crippen LogP contribution in [0.5, 0.6) is 0 Å². The highest BCUT2D eigenvalue weighted by atomic mass is 16.5. The molecule has 24 heavy (non-hydrogen) atoms. The molecule has 0 unspecified atom stereocenters. The van der Waals surface area contributed by atoms with Gasteiger partial charge in [0.25, 0.3) is 11.6 Å². The van der Waals surface area contributed by atoms with Crippen LogP contribution in [0.3, 0.4) is 0 Å². The lowest BCUT2D eigenvalue weighted by Crippen LogP contribution is -2.50. The highest BCUT2D eigenvalue weighted by Crippen LogP contribution is 2.40. The molecular weight excluding hydrogens is 308 g/mol. The van der Waals surface area contributed by atoms with Gasteiger partial charge >= 0.3 is 0 Å². The van der Waals surface area contributed by atoms with Crippen molar-refractivity contribution >= 4 is 22.9 Å². The van der Waals surface area contributed by atoms with Crippen molar-refractivity contribution in [3.05, 3.63) is 23.0 Å². The third kappa shape index (κ3) is 2.64. The summed E-state index contributed by atoms with van der Waals surface area (Å²) in [4.78, 5) is 30.8. The summed E-state index contributed by atoms with van der Waals surface area (Å²) in [5, 5.41) is 7.57. The van der Waals surface area contributed by atoms with Crippen LogP contribution in [0.15, 0.2) is 10.6 Å². The zero-order chi connectivity index (χ0) is 16.7. The Morgan fingerprint density at radius 2 is 2.29 bits per heavy atom. The van der Waals surface area contributed by atoms with Gasteiger partial charge in [-0.15, -0.1) is 0 Å². The summed E-state index contributed by atoms with van der Waals surface area (Å²) in [7, 11) is 0. The predicted octanol–water partition coefficient (Wildman–Crippen LogP) is 1.62. The van der Waals surface area contributed by atoms with E-state index in [2.05, 4.69) is 22.4 Å². The number of carbonyl (C=O) groups excluding carboxylic acids is 2. The van der Waals surface area contributed by atoms with Crippen LogP contribution < -0.4 is 5.32 Å². The number of amides is 2. The summed E-state index contributed by atoms with van der Waals surface area (Å²) in [5.41, 5.74) is 2.67. The minimum atomic E-state index is -0.139. The molecule has 1 saturated carbocycles. The highest BCUT2D eigenvalue weighted by Gasteiger charge is 2.31. The Balaban J connectivity index is 1.80. The molecule has 2 amide bonds. The SMILES string of the molecule is CCCc1noc2nc(C3CC3)cc(C(=O)N3CCNC(=O)C3)c12. The fourth-order valence-electron chi connectivity index (χ4n) is 3.18. The largest absolute Gasteiger partial charge is 0.353 e. The van der Waals surface area contributed by atoms with Crippen molar-refractivity contribution in [3.8, 4) is 0 Å². The van der Waals surface area contributed by atoms with E-state index in [4.69, 9.17) is 4.52 Å². The number of hydrogen-bond acceptors (Lipinski definition) is 5. The van der Waals surface area contributed by atoms with E-state index < -0.39 is 0 Å². The Kier molecular flexibility index (Phi) is 3.70. The van der Waals surface area contributed by atoms with Gasteiger partial charge in [0, 0.05) is 24.7 Å². The van der Waals surface area contributed by atoms with Gasteiger partial charge in [-0.1, -0.05) is 18.5 Å². The molecule has 0 aromatic carbocycles. The number of piperazine rings is 1. The van der Waals surface area contributed by atoms with Crippen molar-refractivity contribution in [1.29, 1.82) is 0 Å². The van der Waals surface area contributed by atoms with E-state index in [1.54, 1.807) is 4.90 Å². The third-order valence-electron chi connectivity index (χ3n) is 4.58. The molecule has 1 aliphatic heterocycles. The first-order valence-corrected chi connectivity index (χ1v) is 8.52. The van der Waals surface area contributed by atoms with Gasteiger partial charge in [0.2, 0.25) is 5.91 Å². The number of pyridine rings is 1. The Morgan fingerprint density at radius 3 is 3.00 bits per heavy atom. The summed E-state index contributed by atoms with van der Waals surface area (Å²) >= 11 is 0. The first-order valence-electron chi connectivity index (χ1n) is 8.52. The predicted molar refractivity (Wildman–Crippen MR) is 86.7 cm³/mol. The second-order valence-corrected chi connectivity index (χ2v) is 6.51. The maximum absolute atomic E-state index is 13.1. The van der Waals surface area contributed by atoms with Crippen LogP contribution in [0.1, 0.15) is 53.8 Å². The van der Waals surface area contributed by atoms with Crippen LogP contribution in [-0.4, -0.2) is 46.5 Å². The Morgan fingerprint density at radius 1 is 1.46 bits per heavy atom. The van der Waals surface area contributed by atoms with Crippen LogP contribution >= 0.6 is 0 Å². The van der Waals surface area contributed by atoms with Gasteiger partial charge in [-0.25, -0.2) is 4.98 Å². The zero-order valence-electron chi connectivity index (χ0n) is 13.7. The molecule has 2 aromatic rings. The third-order valence-corrected chi connectivity index (χ3v) is 4.58. The van der Waals surface area contributed by atoms with E-state index in [0.29, 0.717) is 35.7 Å². The number of fused-ring (bicyclic) bond motifs is 1. The monoisotopic (exact) mass is 328 g/mol. The molecule has 126 valence electrons. The van der Waals surface area contributed by atoms with E-state index in [1.165, 1.54) is 0 Å². The second kappa shape index (κ2) is 5.89. The summed E-state index contributed by atoms with van der Waals surface area (Å²) in [5.74, 6) is 0.145. The first-order chi connectivity index (χ1) is 11.7. The molecule has 7 nitrogen and oxygen atoms in total. The molecular formula is C17H20N4O3. The van der Waals surface area contributed by atoms with E-state index in [9.17, 15) is 9.59 Å². The average molecular weight is 328 g/mol. The first kappa shape index (κ1) is 15.1. The minimum Gasteiger partial charge on any atom is -0.353 e. The molecule has 0 radical (unpaired) electrons. The standard InChI is InChI=1S/C17H20N4O3/c1-2-3-12-15-11(17(23)21-7-6-18-14(22)9-21)8-13(10-4-5-10)19-16(15)24-20-12/h8,10H,2-7,9H2,1H3,(H,18,22). The number of nitrogens with zero attached hydrogens (tertiary/aromatic N) is 3. The molecule has 2 aromatic heterocycles. The summed E-state index contributed by atoms with van der Waals surface area (Å²) < 4.78 is 5.41. The smallest absolute Gasteiger partial charge is 0.259 e. The fourth-order valence-corrected chi connectivity index (χ4v) is 3.18. The summed E-state index contributed by atoms with van der Waals surface area (Å²) in [6, 6.07) is 1.88. The van der Waals surface area contributed by atoms with Crippen LogP contribution in [0, 0.1) is 0 Å². The van der Waals surface area contributed by atoms with Crippen molar-refractivity contribution in [2.45, 2.75) is 38.5 Å². The number of nitrogens with one attached hydrogen (secondary N) is 1. The van der Waals surface area contributed by atoms with E-state index in [-0.39, 0.29) is 18.4 Å². The van der Waals surface area contributed by atoms with Gasteiger partial charge < -0.3 is 14.7 Å². The number of aryl methyl sites for hydroxylation is 1. The van der Waals surface area contributed by atoms with Crippen LogP contribution in [0.4, 0.5) is 0 Å². The molecule has 0 bridgehead atoms. The molecule has 1 N–H and O–H groups in total. The van der Waals surface area contributed by atoms with Gasteiger partial charge in [0.05, 0.1) is 23.2 Å². The summed E-state index contributed by atoms with van der Waals surface area (Å²) in [6.45, 7) is 3.15. The highest BCUT2D eigenvalue weighted by molar-refractivity contribution is 6.07. The van der Waals surface area contributed by atoms with Crippen molar-refractivity contribution in [2.75, 3.05) is 19.6 Å². The fraction of sp³-hybridized carbons (Fsp3) is 0.529. The lowest BCUT2D eigenvalue weighted by Gasteiger charge is -2.27.